The first-order chi connectivity index (χ1) is 8.25. The maximum absolute atomic E-state index is 5.72. The summed E-state index contributed by atoms with van der Waals surface area (Å²) in [6.07, 6.45) is 0.932. The van der Waals surface area contributed by atoms with Crippen LogP contribution in [0, 0.1) is 6.92 Å². The molecule has 0 radical (unpaired) electrons. The van der Waals surface area contributed by atoms with Crippen LogP contribution in [0.5, 0.6) is 5.75 Å². The van der Waals surface area contributed by atoms with E-state index < -0.39 is 0 Å². The predicted octanol–water partition coefficient (Wildman–Crippen LogP) is 4.38. The summed E-state index contributed by atoms with van der Waals surface area (Å²) in [6.45, 7) is 2.80. The first-order valence-corrected chi connectivity index (χ1v) is 6.48. The van der Waals surface area contributed by atoms with Crippen molar-refractivity contribution in [2.24, 2.45) is 0 Å². The highest BCUT2D eigenvalue weighted by molar-refractivity contribution is 9.10. The van der Waals surface area contributed by atoms with Gasteiger partial charge in [0.25, 0.3) is 0 Å². The second-order valence-corrected chi connectivity index (χ2v) is 4.87. The molecule has 88 valence electrons. The highest BCUT2D eigenvalue weighted by Crippen LogP contribution is 2.23. The molecule has 0 aliphatic heterocycles. The number of hydrogen-bond acceptors (Lipinski definition) is 1. The van der Waals surface area contributed by atoms with Gasteiger partial charge in [0, 0.05) is 6.42 Å². The Morgan fingerprint density at radius 2 is 1.71 bits per heavy atom. The summed E-state index contributed by atoms with van der Waals surface area (Å²) in [5.74, 6) is 0.902. The van der Waals surface area contributed by atoms with Crippen LogP contribution in [0.25, 0.3) is 0 Å². The van der Waals surface area contributed by atoms with Gasteiger partial charge >= 0.3 is 0 Å². The van der Waals surface area contributed by atoms with E-state index in [1.54, 1.807) is 0 Å². The van der Waals surface area contributed by atoms with Gasteiger partial charge in [0.1, 0.15) is 5.75 Å². The Morgan fingerprint density at radius 3 is 2.41 bits per heavy atom. The molecule has 0 spiro atoms. The van der Waals surface area contributed by atoms with Gasteiger partial charge < -0.3 is 4.74 Å². The zero-order valence-electron chi connectivity index (χ0n) is 9.82. The van der Waals surface area contributed by atoms with Crippen LogP contribution in [0.2, 0.25) is 0 Å². The molecular weight excluding hydrogens is 276 g/mol. The molecular formula is C15H15BrO. The third-order valence-electron chi connectivity index (χ3n) is 2.61. The molecule has 2 aromatic rings. The third kappa shape index (κ3) is 3.60. The second-order valence-electron chi connectivity index (χ2n) is 4.01. The predicted molar refractivity (Wildman–Crippen MR) is 74.5 cm³/mol. The van der Waals surface area contributed by atoms with E-state index in [0.29, 0.717) is 6.61 Å². The van der Waals surface area contributed by atoms with Crippen LogP contribution in [-0.2, 0) is 6.42 Å². The van der Waals surface area contributed by atoms with Crippen LogP contribution in [0.15, 0.2) is 53.0 Å². The van der Waals surface area contributed by atoms with E-state index in [9.17, 15) is 0 Å². The van der Waals surface area contributed by atoms with Crippen LogP contribution in [-0.4, -0.2) is 6.61 Å². The Balaban J connectivity index is 1.88. The normalized spacial score (nSPS) is 10.2. The van der Waals surface area contributed by atoms with Crippen LogP contribution in [0.3, 0.4) is 0 Å². The van der Waals surface area contributed by atoms with Crippen molar-refractivity contribution >= 4 is 15.9 Å². The fourth-order valence-corrected chi connectivity index (χ4v) is 1.99. The lowest BCUT2D eigenvalue weighted by atomic mass is 10.1. The fourth-order valence-electron chi connectivity index (χ4n) is 1.60. The Morgan fingerprint density at radius 1 is 1.00 bits per heavy atom. The summed E-state index contributed by atoms with van der Waals surface area (Å²) in [6, 6.07) is 16.5. The van der Waals surface area contributed by atoms with E-state index >= 15 is 0 Å². The van der Waals surface area contributed by atoms with Crippen LogP contribution >= 0.6 is 15.9 Å². The van der Waals surface area contributed by atoms with Gasteiger partial charge in [-0.15, -0.1) is 0 Å². The van der Waals surface area contributed by atoms with E-state index in [1.165, 1.54) is 11.1 Å². The number of ether oxygens (including phenoxy) is 1. The molecule has 2 heteroatoms. The van der Waals surface area contributed by atoms with Crippen molar-refractivity contribution in [2.75, 3.05) is 6.61 Å². The summed E-state index contributed by atoms with van der Waals surface area (Å²) in [4.78, 5) is 0. The Labute approximate surface area is 111 Å². The molecule has 17 heavy (non-hydrogen) atoms. The molecule has 0 aromatic heterocycles. The lowest BCUT2D eigenvalue weighted by Crippen LogP contribution is -2.01. The fraction of sp³-hybridized carbons (Fsp3) is 0.200. The molecule has 2 rings (SSSR count). The van der Waals surface area contributed by atoms with Crippen LogP contribution < -0.4 is 4.74 Å². The highest BCUT2D eigenvalue weighted by Gasteiger charge is 1.99. The summed E-state index contributed by atoms with van der Waals surface area (Å²) in [7, 11) is 0. The number of rotatable bonds is 4. The highest BCUT2D eigenvalue weighted by atomic mass is 79.9. The number of para-hydroxylation sites is 1. The molecule has 0 heterocycles. The smallest absolute Gasteiger partial charge is 0.133 e. The first-order valence-electron chi connectivity index (χ1n) is 5.68. The zero-order valence-corrected chi connectivity index (χ0v) is 11.4. The molecule has 0 aliphatic carbocycles. The minimum absolute atomic E-state index is 0.700. The molecule has 0 N–H and O–H groups in total. The van der Waals surface area contributed by atoms with Crippen molar-refractivity contribution in [3.05, 3.63) is 64.1 Å². The van der Waals surface area contributed by atoms with Crippen molar-refractivity contribution in [1.29, 1.82) is 0 Å². The molecule has 0 amide bonds. The SMILES string of the molecule is Cc1ccc(CCOc2ccccc2Br)cc1. The van der Waals surface area contributed by atoms with Crippen LogP contribution in [0.4, 0.5) is 0 Å². The molecule has 0 unspecified atom stereocenters. The van der Waals surface area contributed by atoms with Gasteiger partial charge in [-0.05, 0) is 40.5 Å². The van der Waals surface area contributed by atoms with Gasteiger partial charge in [-0.2, -0.15) is 0 Å². The summed E-state index contributed by atoms with van der Waals surface area (Å²) in [5, 5.41) is 0. The van der Waals surface area contributed by atoms with Crippen molar-refractivity contribution < 1.29 is 4.74 Å². The van der Waals surface area contributed by atoms with E-state index in [0.717, 1.165) is 16.6 Å². The second kappa shape index (κ2) is 5.87. The maximum atomic E-state index is 5.72. The van der Waals surface area contributed by atoms with Gasteiger partial charge in [0.05, 0.1) is 11.1 Å². The van der Waals surface area contributed by atoms with Crippen molar-refractivity contribution in [2.45, 2.75) is 13.3 Å². The van der Waals surface area contributed by atoms with Gasteiger partial charge in [-0.3, -0.25) is 0 Å². The average Bonchev–Trinajstić information content (AvgIpc) is 2.34. The van der Waals surface area contributed by atoms with Gasteiger partial charge in [0.2, 0.25) is 0 Å². The minimum Gasteiger partial charge on any atom is -0.492 e. The Bertz CT molecular complexity index is 477. The number of aryl methyl sites for hydroxylation is 1. The topological polar surface area (TPSA) is 9.23 Å². The van der Waals surface area contributed by atoms with E-state index in [2.05, 4.69) is 47.1 Å². The number of halogens is 1. The van der Waals surface area contributed by atoms with Crippen LogP contribution in [0.1, 0.15) is 11.1 Å². The van der Waals surface area contributed by atoms with Crippen molar-refractivity contribution in [1.82, 2.24) is 0 Å². The minimum atomic E-state index is 0.700. The van der Waals surface area contributed by atoms with Gasteiger partial charge in [0.15, 0.2) is 0 Å². The average molecular weight is 291 g/mol. The monoisotopic (exact) mass is 290 g/mol. The molecule has 0 fully saturated rings. The summed E-state index contributed by atoms with van der Waals surface area (Å²) in [5.41, 5.74) is 2.60. The van der Waals surface area contributed by atoms with Crippen molar-refractivity contribution in [3.63, 3.8) is 0 Å². The summed E-state index contributed by atoms with van der Waals surface area (Å²) >= 11 is 3.47. The Kier molecular flexibility index (Phi) is 4.21. The lowest BCUT2D eigenvalue weighted by Gasteiger charge is -2.08. The van der Waals surface area contributed by atoms with E-state index in [1.807, 2.05) is 24.3 Å². The third-order valence-corrected chi connectivity index (χ3v) is 3.26. The molecule has 0 bridgehead atoms. The summed E-state index contributed by atoms with van der Waals surface area (Å²) < 4.78 is 6.73. The standard InChI is InChI=1S/C15H15BrO/c1-12-6-8-13(9-7-12)10-11-17-15-5-3-2-4-14(15)16/h2-9H,10-11H2,1H3. The number of hydrogen-bond donors (Lipinski definition) is 0. The Hall–Kier alpha value is -1.28. The molecule has 0 atom stereocenters. The molecule has 0 saturated carbocycles. The van der Waals surface area contributed by atoms with Gasteiger partial charge in [-0.1, -0.05) is 42.0 Å². The molecule has 0 saturated heterocycles. The molecule has 1 nitrogen and oxygen atoms in total. The van der Waals surface area contributed by atoms with E-state index in [-0.39, 0.29) is 0 Å². The largest absolute Gasteiger partial charge is 0.492 e. The zero-order chi connectivity index (χ0) is 12.1. The maximum Gasteiger partial charge on any atom is 0.133 e. The quantitative estimate of drug-likeness (QED) is 0.812. The number of benzene rings is 2. The molecule has 0 aliphatic rings. The first kappa shape index (κ1) is 12.2. The molecule has 2 aromatic carbocycles. The van der Waals surface area contributed by atoms with Gasteiger partial charge in [-0.25, -0.2) is 0 Å². The lowest BCUT2D eigenvalue weighted by molar-refractivity contribution is 0.320. The van der Waals surface area contributed by atoms with E-state index in [4.69, 9.17) is 4.74 Å². The van der Waals surface area contributed by atoms with Crippen molar-refractivity contribution in [3.8, 4) is 5.75 Å².